The highest BCUT2D eigenvalue weighted by atomic mass is 16.2. The molecule has 0 saturated heterocycles. The lowest BCUT2D eigenvalue weighted by molar-refractivity contribution is 0.344. The predicted octanol–water partition coefficient (Wildman–Crippen LogP) is 0.922. The molecular formula is C15H23N5O2. The normalized spacial score (nSPS) is 18.0. The van der Waals surface area contributed by atoms with E-state index in [-0.39, 0.29) is 23.3 Å². The van der Waals surface area contributed by atoms with Gasteiger partial charge < -0.3 is 10.3 Å². The zero-order chi connectivity index (χ0) is 15.9. The van der Waals surface area contributed by atoms with Crippen molar-refractivity contribution in [1.82, 2.24) is 18.7 Å². The van der Waals surface area contributed by atoms with Gasteiger partial charge in [-0.15, -0.1) is 0 Å². The van der Waals surface area contributed by atoms with E-state index in [1.54, 1.807) is 15.5 Å². The fraction of sp³-hybridized carbons (Fsp3) is 0.667. The molecule has 0 spiro atoms. The summed E-state index contributed by atoms with van der Waals surface area (Å²) in [5, 5.41) is 0. The Kier molecular flexibility index (Phi) is 3.90. The van der Waals surface area contributed by atoms with Crippen molar-refractivity contribution in [3.63, 3.8) is 0 Å². The molecule has 2 N–H and O–H groups in total. The molecule has 1 saturated carbocycles. The fourth-order valence-corrected chi connectivity index (χ4v) is 3.35. The lowest BCUT2D eigenvalue weighted by Crippen LogP contribution is -2.41. The van der Waals surface area contributed by atoms with Crippen LogP contribution >= 0.6 is 0 Å². The van der Waals surface area contributed by atoms with E-state index in [4.69, 9.17) is 5.73 Å². The number of imidazole rings is 1. The highest BCUT2D eigenvalue weighted by Gasteiger charge is 2.24. The first-order chi connectivity index (χ1) is 10.6. The van der Waals surface area contributed by atoms with Crippen LogP contribution in [0, 0.1) is 0 Å². The minimum atomic E-state index is -0.301. The second-order valence-electron chi connectivity index (χ2n) is 6.22. The SMILES string of the molecule is CC(CN)n1cnc2c1c(=O)n(C)c(=O)n2C1CCCCC1. The molecular weight excluding hydrogens is 282 g/mol. The molecule has 1 fully saturated rings. The molecule has 7 heteroatoms. The number of rotatable bonds is 3. The Hall–Kier alpha value is -1.89. The predicted molar refractivity (Wildman–Crippen MR) is 85.1 cm³/mol. The zero-order valence-electron chi connectivity index (χ0n) is 13.2. The molecule has 2 aromatic heterocycles. The van der Waals surface area contributed by atoms with Crippen LogP contribution in [0.2, 0.25) is 0 Å². The third kappa shape index (κ3) is 2.20. The molecule has 2 heterocycles. The van der Waals surface area contributed by atoms with E-state index in [0.717, 1.165) is 25.7 Å². The van der Waals surface area contributed by atoms with Gasteiger partial charge in [0.05, 0.1) is 6.33 Å². The zero-order valence-corrected chi connectivity index (χ0v) is 13.2. The Bertz CT molecular complexity index is 795. The highest BCUT2D eigenvalue weighted by molar-refractivity contribution is 5.70. The van der Waals surface area contributed by atoms with Gasteiger partial charge in [-0.25, -0.2) is 9.78 Å². The van der Waals surface area contributed by atoms with Crippen LogP contribution in [0.25, 0.3) is 11.2 Å². The number of aromatic nitrogens is 4. The lowest BCUT2D eigenvalue weighted by Gasteiger charge is -2.24. The average Bonchev–Trinajstić information content (AvgIpc) is 2.98. The molecule has 0 bridgehead atoms. The molecule has 22 heavy (non-hydrogen) atoms. The fourth-order valence-electron chi connectivity index (χ4n) is 3.35. The van der Waals surface area contributed by atoms with Gasteiger partial charge in [-0.05, 0) is 19.8 Å². The molecule has 0 amide bonds. The summed E-state index contributed by atoms with van der Waals surface area (Å²) < 4.78 is 4.70. The van der Waals surface area contributed by atoms with E-state index in [1.165, 1.54) is 18.0 Å². The van der Waals surface area contributed by atoms with Gasteiger partial charge in [-0.3, -0.25) is 13.9 Å². The van der Waals surface area contributed by atoms with Gasteiger partial charge in [0.2, 0.25) is 0 Å². The smallest absolute Gasteiger partial charge is 0.328 e. The van der Waals surface area contributed by atoms with Crippen LogP contribution in [-0.4, -0.2) is 25.2 Å². The van der Waals surface area contributed by atoms with E-state index < -0.39 is 0 Å². The van der Waals surface area contributed by atoms with Crippen LogP contribution in [0.4, 0.5) is 0 Å². The molecule has 2 aromatic rings. The Morgan fingerprint density at radius 3 is 2.64 bits per heavy atom. The van der Waals surface area contributed by atoms with Crippen LogP contribution in [-0.2, 0) is 7.05 Å². The van der Waals surface area contributed by atoms with Crippen molar-refractivity contribution in [2.75, 3.05) is 6.54 Å². The van der Waals surface area contributed by atoms with Gasteiger partial charge in [-0.2, -0.15) is 0 Å². The minimum Gasteiger partial charge on any atom is -0.328 e. The molecule has 1 aliphatic rings. The summed E-state index contributed by atoms with van der Waals surface area (Å²) in [5.74, 6) is 0. The standard InChI is InChI=1S/C15H23N5O2/c1-10(8-16)19-9-17-13-12(19)14(21)18(2)15(22)20(13)11-6-4-3-5-7-11/h9-11H,3-8,16H2,1-2H3. The number of fused-ring (bicyclic) bond motifs is 1. The van der Waals surface area contributed by atoms with Crippen LogP contribution in [0.3, 0.4) is 0 Å². The van der Waals surface area contributed by atoms with Crippen LogP contribution in [0.1, 0.15) is 51.1 Å². The highest BCUT2D eigenvalue weighted by Crippen LogP contribution is 2.28. The van der Waals surface area contributed by atoms with Crippen molar-refractivity contribution in [1.29, 1.82) is 0 Å². The van der Waals surface area contributed by atoms with Gasteiger partial charge in [0, 0.05) is 25.7 Å². The summed E-state index contributed by atoms with van der Waals surface area (Å²) in [5.41, 5.74) is 6.14. The van der Waals surface area contributed by atoms with E-state index in [2.05, 4.69) is 4.98 Å². The number of hydrogen-bond donors (Lipinski definition) is 1. The first-order valence-electron chi connectivity index (χ1n) is 7.94. The largest absolute Gasteiger partial charge is 0.332 e. The monoisotopic (exact) mass is 305 g/mol. The van der Waals surface area contributed by atoms with Gasteiger partial charge in [0.15, 0.2) is 11.2 Å². The second-order valence-corrected chi connectivity index (χ2v) is 6.22. The molecule has 1 aliphatic carbocycles. The van der Waals surface area contributed by atoms with Crippen molar-refractivity contribution in [3.8, 4) is 0 Å². The summed E-state index contributed by atoms with van der Waals surface area (Å²) in [6.07, 6.45) is 6.99. The van der Waals surface area contributed by atoms with Crippen molar-refractivity contribution >= 4 is 11.2 Å². The molecule has 7 nitrogen and oxygen atoms in total. The van der Waals surface area contributed by atoms with Crippen molar-refractivity contribution < 1.29 is 0 Å². The van der Waals surface area contributed by atoms with Crippen molar-refractivity contribution in [2.45, 2.75) is 51.1 Å². The van der Waals surface area contributed by atoms with E-state index >= 15 is 0 Å². The third-order valence-corrected chi connectivity index (χ3v) is 4.76. The molecule has 0 radical (unpaired) electrons. The molecule has 0 aromatic carbocycles. The number of nitrogens with zero attached hydrogens (tertiary/aromatic N) is 4. The van der Waals surface area contributed by atoms with E-state index in [9.17, 15) is 9.59 Å². The summed E-state index contributed by atoms with van der Waals surface area (Å²) in [7, 11) is 1.54. The number of hydrogen-bond acceptors (Lipinski definition) is 4. The molecule has 0 aliphatic heterocycles. The first kappa shape index (κ1) is 15.0. The van der Waals surface area contributed by atoms with E-state index in [1.807, 2.05) is 6.92 Å². The van der Waals surface area contributed by atoms with Crippen molar-refractivity contribution in [3.05, 3.63) is 27.2 Å². The lowest BCUT2D eigenvalue weighted by atomic mass is 9.95. The molecule has 1 atom stereocenters. The van der Waals surface area contributed by atoms with Gasteiger partial charge in [-0.1, -0.05) is 19.3 Å². The quantitative estimate of drug-likeness (QED) is 0.913. The van der Waals surface area contributed by atoms with Crippen LogP contribution < -0.4 is 17.0 Å². The van der Waals surface area contributed by atoms with E-state index in [0.29, 0.717) is 17.7 Å². The first-order valence-corrected chi connectivity index (χ1v) is 7.94. The van der Waals surface area contributed by atoms with Gasteiger partial charge >= 0.3 is 5.69 Å². The summed E-state index contributed by atoms with van der Waals surface area (Å²) in [4.78, 5) is 29.5. The second kappa shape index (κ2) is 5.72. The topological polar surface area (TPSA) is 87.8 Å². The Morgan fingerprint density at radius 1 is 1.32 bits per heavy atom. The number of nitrogens with two attached hydrogens (primary N) is 1. The molecule has 3 rings (SSSR count). The maximum atomic E-state index is 12.6. The Morgan fingerprint density at radius 2 is 2.00 bits per heavy atom. The maximum absolute atomic E-state index is 12.6. The maximum Gasteiger partial charge on any atom is 0.332 e. The van der Waals surface area contributed by atoms with Gasteiger partial charge in [0.25, 0.3) is 5.56 Å². The third-order valence-electron chi connectivity index (χ3n) is 4.76. The summed E-state index contributed by atoms with van der Waals surface area (Å²) in [6.45, 7) is 2.35. The van der Waals surface area contributed by atoms with Gasteiger partial charge in [0.1, 0.15) is 0 Å². The van der Waals surface area contributed by atoms with Crippen LogP contribution in [0.15, 0.2) is 15.9 Å². The summed E-state index contributed by atoms with van der Waals surface area (Å²) >= 11 is 0. The average molecular weight is 305 g/mol. The molecule has 120 valence electrons. The Balaban J connectivity index is 2.30. The Labute approximate surface area is 128 Å². The molecule has 1 unspecified atom stereocenters. The van der Waals surface area contributed by atoms with Crippen molar-refractivity contribution in [2.24, 2.45) is 12.8 Å². The minimum absolute atomic E-state index is 0.0324. The van der Waals surface area contributed by atoms with Crippen LogP contribution in [0.5, 0.6) is 0 Å². The summed E-state index contributed by atoms with van der Waals surface area (Å²) in [6, 6.07) is 0.0992.